The predicted octanol–water partition coefficient (Wildman–Crippen LogP) is 3.23. The molecule has 6 nitrogen and oxygen atoms in total. The lowest BCUT2D eigenvalue weighted by Gasteiger charge is -2.33. The lowest BCUT2D eigenvalue weighted by molar-refractivity contribution is -0.190. The van der Waals surface area contributed by atoms with Crippen molar-refractivity contribution in [1.29, 1.82) is 0 Å². The first-order valence-corrected chi connectivity index (χ1v) is 9.09. The third-order valence-corrected chi connectivity index (χ3v) is 4.87. The summed E-state index contributed by atoms with van der Waals surface area (Å²) in [6, 6.07) is 5.69. The summed E-state index contributed by atoms with van der Waals surface area (Å²) in [7, 11) is 1.27. The number of hydrogen-bond donors (Lipinski definition) is 1. The van der Waals surface area contributed by atoms with Crippen molar-refractivity contribution in [3.63, 3.8) is 0 Å². The number of nitrogens with one attached hydrogen (secondary N) is 1. The maximum atomic E-state index is 14.3. The summed E-state index contributed by atoms with van der Waals surface area (Å²) >= 11 is 0. The third-order valence-electron chi connectivity index (χ3n) is 4.87. The molecule has 0 bridgehead atoms. The number of ether oxygens (including phenoxy) is 1. The van der Waals surface area contributed by atoms with Gasteiger partial charge in [0.1, 0.15) is 5.75 Å². The van der Waals surface area contributed by atoms with Gasteiger partial charge in [0.15, 0.2) is 5.78 Å². The van der Waals surface area contributed by atoms with Gasteiger partial charge < -0.3 is 15.0 Å². The van der Waals surface area contributed by atoms with Crippen molar-refractivity contribution in [2.45, 2.75) is 45.3 Å². The summed E-state index contributed by atoms with van der Waals surface area (Å²) in [5, 5.41) is 1.83. The van der Waals surface area contributed by atoms with Crippen LogP contribution in [0.3, 0.4) is 0 Å². The van der Waals surface area contributed by atoms with Crippen LogP contribution in [-0.4, -0.2) is 47.9 Å². The number of hydrogen-bond acceptors (Lipinski definition) is 4. The quantitative estimate of drug-likeness (QED) is 0.746. The van der Waals surface area contributed by atoms with Crippen LogP contribution in [-0.2, 0) is 9.59 Å². The van der Waals surface area contributed by atoms with Gasteiger partial charge in [-0.05, 0) is 32.4 Å². The minimum atomic E-state index is -5.23. The van der Waals surface area contributed by atoms with Crippen LogP contribution in [0.4, 0.5) is 13.2 Å². The van der Waals surface area contributed by atoms with Gasteiger partial charge in [-0.1, -0.05) is 25.5 Å². The fourth-order valence-electron chi connectivity index (χ4n) is 3.49. The second-order valence-corrected chi connectivity index (χ2v) is 6.73. The molecule has 0 aromatic heterocycles. The first kappa shape index (κ1) is 22.4. The predicted molar refractivity (Wildman–Crippen MR) is 99.2 cm³/mol. The van der Waals surface area contributed by atoms with E-state index < -0.39 is 34.9 Å². The highest BCUT2D eigenvalue weighted by Gasteiger charge is 2.69. The molecule has 0 spiro atoms. The first-order chi connectivity index (χ1) is 13.5. The number of nitrogens with zero attached hydrogens (tertiary/aromatic N) is 1. The van der Waals surface area contributed by atoms with E-state index in [1.165, 1.54) is 32.2 Å². The Kier molecular flexibility index (Phi) is 6.40. The van der Waals surface area contributed by atoms with Crippen molar-refractivity contribution >= 4 is 17.6 Å². The Bertz CT molecular complexity index is 864. The van der Waals surface area contributed by atoms with E-state index in [1.807, 2.05) is 12.2 Å². The monoisotopic (exact) mass is 412 g/mol. The zero-order chi connectivity index (χ0) is 22.0. The van der Waals surface area contributed by atoms with Gasteiger partial charge >= 0.3 is 6.18 Å². The summed E-state index contributed by atoms with van der Waals surface area (Å²) < 4.78 is 48.0. The Balaban J connectivity index is 2.63. The smallest absolute Gasteiger partial charge is 0.425 e. The molecule has 1 heterocycles. The number of amides is 2. The molecule has 158 valence electrons. The Morgan fingerprint density at radius 1 is 1.24 bits per heavy atom. The van der Waals surface area contributed by atoms with E-state index in [0.29, 0.717) is 12.8 Å². The molecule has 1 aliphatic heterocycles. The number of methoxy groups -OCH3 is 1. The molecule has 0 aliphatic carbocycles. The summed E-state index contributed by atoms with van der Waals surface area (Å²) in [6.07, 6.45) is -4.15. The van der Waals surface area contributed by atoms with E-state index in [4.69, 9.17) is 4.74 Å². The van der Waals surface area contributed by atoms with Gasteiger partial charge in [-0.2, -0.15) is 13.2 Å². The van der Waals surface area contributed by atoms with E-state index in [2.05, 4.69) is 0 Å². The van der Waals surface area contributed by atoms with Crippen LogP contribution in [0, 0.1) is 0 Å². The normalized spacial score (nSPS) is 19.6. The van der Waals surface area contributed by atoms with Crippen molar-refractivity contribution < 1.29 is 32.3 Å². The lowest BCUT2D eigenvalue weighted by Crippen LogP contribution is -2.66. The molecule has 0 fully saturated rings. The summed E-state index contributed by atoms with van der Waals surface area (Å²) in [5.41, 5.74) is -4.50. The molecule has 1 aromatic rings. The Labute approximate surface area is 166 Å². The number of para-hydroxylation sites is 1. The topological polar surface area (TPSA) is 75.7 Å². The highest BCUT2D eigenvalue weighted by molar-refractivity contribution is 6.13. The molecule has 1 aromatic carbocycles. The van der Waals surface area contributed by atoms with Gasteiger partial charge in [0.2, 0.25) is 5.54 Å². The second kappa shape index (κ2) is 8.26. The van der Waals surface area contributed by atoms with Crippen molar-refractivity contribution in [3.8, 4) is 5.75 Å². The van der Waals surface area contributed by atoms with Gasteiger partial charge in [-0.15, -0.1) is 0 Å². The highest BCUT2D eigenvalue weighted by atomic mass is 19.4. The number of ketones is 1. The summed E-state index contributed by atoms with van der Waals surface area (Å²) in [6.45, 7) is 4.07. The van der Waals surface area contributed by atoms with Crippen LogP contribution >= 0.6 is 0 Å². The van der Waals surface area contributed by atoms with Crippen molar-refractivity contribution in [2.24, 2.45) is 0 Å². The van der Waals surface area contributed by atoms with Gasteiger partial charge in [-0.3, -0.25) is 14.4 Å². The molecular formula is C20H23F3N2O4. The number of carbonyl (C=O) groups is 3. The number of benzene rings is 1. The average Bonchev–Trinajstić information content (AvgIpc) is 2.87. The van der Waals surface area contributed by atoms with Crippen molar-refractivity contribution in [2.75, 3.05) is 13.7 Å². The Morgan fingerprint density at radius 2 is 1.86 bits per heavy atom. The number of allylic oxidation sites excluding steroid dienone is 1. The lowest BCUT2D eigenvalue weighted by atomic mass is 9.86. The van der Waals surface area contributed by atoms with Gasteiger partial charge in [-0.25, -0.2) is 0 Å². The maximum absolute atomic E-state index is 14.3. The van der Waals surface area contributed by atoms with Crippen LogP contribution < -0.4 is 10.1 Å². The Morgan fingerprint density at radius 3 is 2.38 bits per heavy atom. The molecule has 9 heteroatoms. The largest absolute Gasteiger partial charge is 0.496 e. The van der Waals surface area contributed by atoms with E-state index in [9.17, 15) is 27.6 Å². The molecule has 1 N–H and O–H groups in total. The number of carbonyl (C=O) groups excluding carboxylic acids is 3. The van der Waals surface area contributed by atoms with E-state index >= 15 is 0 Å². The molecule has 0 radical (unpaired) electrons. The van der Waals surface area contributed by atoms with Gasteiger partial charge in [0.05, 0.1) is 18.2 Å². The van der Waals surface area contributed by atoms with Gasteiger partial charge in [0, 0.05) is 12.2 Å². The molecule has 29 heavy (non-hydrogen) atoms. The van der Waals surface area contributed by atoms with Crippen LogP contribution in [0.15, 0.2) is 35.5 Å². The van der Waals surface area contributed by atoms with Crippen molar-refractivity contribution in [3.05, 3.63) is 41.1 Å². The fraction of sp³-hybridized carbons (Fsp3) is 0.450. The number of unbranched alkanes of at least 4 members (excludes halogenated alkanes) is 1. The van der Waals surface area contributed by atoms with Crippen LogP contribution in [0.25, 0.3) is 0 Å². The van der Waals surface area contributed by atoms with Crippen molar-refractivity contribution in [1.82, 2.24) is 10.2 Å². The minimum Gasteiger partial charge on any atom is -0.496 e. The molecule has 1 aliphatic rings. The zero-order valence-electron chi connectivity index (χ0n) is 16.6. The first-order valence-electron chi connectivity index (χ1n) is 9.09. The number of alkyl halides is 3. The average molecular weight is 412 g/mol. The standard InChI is InChI=1S/C20H23F3N2O4/c1-5-6-11-25-12(2)16(13(3)26)19(18(25)28,20(21,22)23)24-17(27)14-9-7-8-10-15(14)29-4/h7-10H,5-6,11H2,1-4H3,(H,24,27)/t19-/m1/s1. The van der Waals surface area contributed by atoms with E-state index in [1.54, 1.807) is 6.07 Å². The third kappa shape index (κ3) is 3.73. The van der Waals surface area contributed by atoms with Gasteiger partial charge in [0.25, 0.3) is 11.8 Å². The molecule has 1 atom stereocenters. The van der Waals surface area contributed by atoms with E-state index in [-0.39, 0.29) is 23.6 Å². The zero-order valence-corrected chi connectivity index (χ0v) is 16.6. The maximum Gasteiger partial charge on any atom is 0.425 e. The molecule has 0 saturated carbocycles. The second-order valence-electron chi connectivity index (χ2n) is 6.73. The molecule has 0 unspecified atom stereocenters. The van der Waals surface area contributed by atoms with Crippen LogP contribution in [0.2, 0.25) is 0 Å². The number of rotatable bonds is 7. The van der Waals surface area contributed by atoms with Crippen LogP contribution in [0.5, 0.6) is 5.75 Å². The molecule has 2 rings (SSSR count). The summed E-state index contributed by atoms with van der Waals surface area (Å²) in [4.78, 5) is 38.9. The molecular weight excluding hydrogens is 389 g/mol. The van der Waals surface area contributed by atoms with Crippen LogP contribution in [0.1, 0.15) is 44.0 Å². The highest BCUT2D eigenvalue weighted by Crippen LogP contribution is 2.45. The SMILES string of the molecule is CCCCN1C(=O)[C@@](NC(=O)c2ccccc2OC)(C(F)(F)F)C(C(C)=O)=C1C. The molecule has 0 saturated heterocycles. The number of halogens is 3. The fourth-order valence-corrected chi connectivity index (χ4v) is 3.49. The Hall–Kier alpha value is -2.84. The number of Topliss-reactive ketones (excluding diaryl/α,β-unsaturated/α-hetero) is 1. The molecule has 2 amide bonds. The summed E-state index contributed by atoms with van der Waals surface area (Å²) in [5.74, 6) is -3.45. The minimum absolute atomic E-state index is 0.0142. The van der Waals surface area contributed by atoms with E-state index in [0.717, 1.165) is 11.8 Å².